The summed E-state index contributed by atoms with van der Waals surface area (Å²) in [6.07, 6.45) is 1.68. The summed E-state index contributed by atoms with van der Waals surface area (Å²) in [6, 6.07) is 20.8. The highest BCUT2D eigenvalue weighted by atomic mass is 32.2. The van der Waals surface area contributed by atoms with Crippen LogP contribution in [-0.4, -0.2) is 48.5 Å². The molecule has 9 nitrogen and oxygen atoms in total. The van der Waals surface area contributed by atoms with Crippen LogP contribution in [0.4, 0.5) is 22.9 Å². The molecule has 0 spiro atoms. The monoisotopic (exact) mass is 599 g/mol. The lowest BCUT2D eigenvalue weighted by molar-refractivity contribution is 0.102. The van der Waals surface area contributed by atoms with Crippen molar-refractivity contribution in [3.05, 3.63) is 100.0 Å². The summed E-state index contributed by atoms with van der Waals surface area (Å²) in [5, 5.41) is 6.16. The molecule has 0 atom stereocenters. The fourth-order valence-corrected chi connectivity index (χ4v) is 6.25. The Kier molecular flexibility index (Phi) is 8.16. The van der Waals surface area contributed by atoms with Gasteiger partial charge >= 0.3 is 0 Å². The maximum Gasteiger partial charge on any atom is 0.293 e. The molecule has 0 bridgehead atoms. The molecule has 1 saturated heterocycles. The van der Waals surface area contributed by atoms with Gasteiger partial charge in [-0.15, -0.1) is 0 Å². The summed E-state index contributed by atoms with van der Waals surface area (Å²) < 4.78 is 25.0. The topological polar surface area (TPSA) is 113 Å². The first-order chi connectivity index (χ1) is 20.3. The number of sulfone groups is 1. The Morgan fingerprint density at radius 1 is 0.930 bits per heavy atom. The number of hydrogen-bond donors (Lipinski definition) is 2. The maximum atomic E-state index is 13.1. The molecular weight excluding hydrogens is 562 g/mol. The average Bonchev–Trinajstić information content (AvgIpc) is 2.96. The Morgan fingerprint density at radius 3 is 2.21 bits per heavy atom. The van der Waals surface area contributed by atoms with Crippen LogP contribution in [0.25, 0.3) is 11.3 Å². The van der Waals surface area contributed by atoms with E-state index in [9.17, 15) is 18.0 Å². The van der Waals surface area contributed by atoms with Crippen LogP contribution < -0.4 is 21.1 Å². The van der Waals surface area contributed by atoms with E-state index in [1.165, 1.54) is 4.57 Å². The molecule has 0 radical (unpaired) electrons. The van der Waals surface area contributed by atoms with Crippen molar-refractivity contribution in [1.29, 1.82) is 0 Å². The maximum absolute atomic E-state index is 13.1. The van der Waals surface area contributed by atoms with E-state index in [0.717, 1.165) is 22.4 Å². The van der Waals surface area contributed by atoms with E-state index in [2.05, 4.69) is 36.4 Å². The molecule has 2 heterocycles. The largest absolute Gasteiger partial charge is 0.369 e. The van der Waals surface area contributed by atoms with Gasteiger partial charge in [0, 0.05) is 54.5 Å². The predicted molar refractivity (Wildman–Crippen MR) is 173 cm³/mol. The zero-order valence-electron chi connectivity index (χ0n) is 25.1. The van der Waals surface area contributed by atoms with Crippen molar-refractivity contribution in [1.82, 2.24) is 9.55 Å². The number of nitrogens with one attached hydrogen (secondary N) is 2. The number of rotatable bonds is 6. The number of nitrogens with zero attached hydrogens (tertiary/aromatic N) is 3. The summed E-state index contributed by atoms with van der Waals surface area (Å²) >= 11 is 0. The normalized spacial score (nSPS) is 14.8. The smallest absolute Gasteiger partial charge is 0.293 e. The molecule has 4 aromatic rings. The van der Waals surface area contributed by atoms with Crippen LogP contribution in [0.5, 0.6) is 0 Å². The Labute approximate surface area is 252 Å². The molecule has 43 heavy (non-hydrogen) atoms. The number of amides is 1. The number of carbonyl (C=O) groups is 1. The number of aryl methyl sites for hydroxylation is 1. The van der Waals surface area contributed by atoms with E-state index >= 15 is 0 Å². The van der Waals surface area contributed by atoms with Crippen molar-refractivity contribution in [2.75, 3.05) is 40.1 Å². The molecule has 1 aliphatic heterocycles. The van der Waals surface area contributed by atoms with E-state index in [4.69, 9.17) is 0 Å². The minimum absolute atomic E-state index is 0.000247. The van der Waals surface area contributed by atoms with Gasteiger partial charge in [-0.1, -0.05) is 45.0 Å². The van der Waals surface area contributed by atoms with Crippen LogP contribution >= 0.6 is 0 Å². The summed E-state index contributed by atoms with van der Waals surface area (Å²) in [6.45, 7) is 9.24. The van der Waals surface area contributed by atoms with Gasteiger partial charge in [-0.25, -0.2) is 13.4 Å². The minimum Gasteiger partial charge on any atom is -0.369 e. The van der Waals surface area contributed by atoms with Crippen LogP contribution in [0, 0.1) is 6.92 Å². The molecule has 0 saturated carbocycles. The van der Waals surface area contributed by atoms with Crippen LogP contribution in [0.3, 0.4) is 0 Å². The molecule has 2 N–H and O–H groups in total. The molecule has 224 valence electrons. The highest BCUT2D eigenvalue weighted by Gasteiger charge is 2.22. The van der Waals surface area contributed by atoms with Gasteiger partial charge in [-0.05, 0) is 65.9 Å². The third kappa shape index (κ3) is 6.80. The number of carbonyl (C=O) groups excluding carboxylic acids is 1. The lowest BCUT2D eigenvalue weighted by Gasteiger charge is -2.28. The molecular formula is C33H37N5O4S. The molecule has 1 aliphatic rings. The SMILES string of the molecule is Cc1c(NC(=O)c2ccc(C(C)(C)C)cc2)cccc1-c1cn(C)c(=O)c(Nc2ccc(N3CCS(=O)(=O)CC3)cc2)n1. The molecule has 3 aromatic carbocycles. The van der Waals surface area contributed by atoms with E-state index < -0.39 is 9.84 Å². The summed E-state index contributed by atoms with van der Waals surface area (Å²) in [4.78, 5) is 32.8. The van der Waals surface area contributed by atoms with Crippen LogP contribution in [0.2, 0.25) is 0 Å². The highest BCUT2D eigenvalue weighted by Crippen LogP contribution is 2.29. The van der Waals surface area contributed by atoms with Crippen molar-refractivity contribution in [3.63, 3.8) is 0 Å². The van der Waals surface area contributed by atoms with Crippen molar-refractivity contribution in [3.8, 4) is 11.3 Å². The lowest BCUT2D eigenvalue weighted by Crippen LogP contribution is -2.40. The van der Waals surface area contributed by atoms with E-state index in [1.807, 2.05) is 78.6 Å². The summed E-state index contributed by atoms with van der Waals surface area (Å²) in [7, 11) is -1.28. The van der Waals surface area contributed by atoms with E-state index in [1.54, 1.807) is 13.2 Å². The van der Waals surface area contributed by atoms with Crippen molar-refractivity contribution < 1.29 is 13.2 Å². The zero-order valence-corrected chi connectivity index (χ0v) is 26.0. The molecule has 1 fully saturated rings. The van der Waals surface area contributed by atoms with Crippen LogP contribution in [0.15, 0.2) is 77.7 Å². The highest BCUT2D eigenvalue weighted by molar-refractivity contribution is 7.91. The molecule has 1 aromatic heterocycles. The Hall–Kier alpha value is -4.44. The van der Waals surface area contributed by atoms with Gasteiger partial charge in [0.1, 0.15) is 0 Å². The van der Waals surface area contributed by atoms with E-state index in [0.29, 0.717) is 35.7 Å². The van der Waals surface area contributed by atoms with Gasteiger partial charge in [0.2, 0.25) is 0 Å². The number of anilines is 4. The Morgan fingerprint density at radius 2 is 1.58 bits per heavy atom. The van der Waals surface area contributed by atoms with Gasteiger partial charge in [0.25, 0.3) is 11.5 Å². The first kappa shape index (κ1) is 30.0. The van der Waals surface area contributed by atoms with Gasteiger partial charge in [0.05, 0.1) is 17.2 Å². The quantitative estimate of drug-likeness (QED) is 0.310. The number of aromatic nitrogens is 2. The molecule has 0 aliphatic carbocycles. The van der Waals surface area contributed by atoms with Crippen molar-refractivity contribution in [2.45, 2.75) is 33.1 Å². The zero-order chi connectivity index (χ0) is 30.9. The van der Waals surface area contributed by atoms with Gasteiger partial charge in [0.15, 0.2) is 15.7 Å². The predicted octanol–water partition coefficient (Wildman–Crippen LogP) is 5.28. The Balaban J connectivity index is 1.35. The van der Waals surface area contributed by atoms with Crippen LogP contribution in [-0.2, 0) is 22.3 Å². The molecule has 10 heteroatoms. The minimum atomic E-state index is -2.96. The number of benzene rings is 3. The second kappa shape index (κ2) is 11.7. The summed E-state index contributed by atoms with van der Waals surface area (Å²) in [5.41, 5.74) is 5.91. The first-order valence-electron chi connectivity index (χ1n) is 14.2. The third-order valence-electron chi connectivity index (χ3n) is 7.78. The van der Waals surface area contributed by atoms with Crippen LogP contribution in [0.1, 0.15) is 42.3 Å². The van der Waals surface area contributed by atoms with Crippen molar-refractivity contribution in [2.24, 2.45) is 7.05 Å². The van der Waals surface area contributed by atoms with E-state index in [-0.39, 0.29) is 34.2 Å². The second-order valence-corrected chi connectivity index (χ2v) is 14.3. The van der Waals surface area contributed by atoms with Gasteiger partial charge in [-0.3, -0.25) is 9.59 Å². The molecule has 1 amide bonds. The third-order valence-corrected chi connectivity index (χ3v) is 9.39. The average molecular weight is 600 g/mol. The fraction of sp³-hybridized carbons (Fsp3) is 0.303. The Bertz CT molecular complexity index is 1810. The van der Waals surface area contributed by atoms with Crippen molar-refractivity contribution >= 4 is 38.6 Å². The second-order valence-electron chi connectivity index (χ2n) is 12.0. The first-order valence-corrected chi connectivity index (χ1v) is 16.0. The molecule has 5 rings (SSSR count). The molecule has 0 unspecified atom stereocenters. The summed E-state index contributed by atoms with van der Waals surface area (Å²) in [5.74, 6) is 0.263. The number of hydrogen-bond acceptors (Lipinski definition) is 7. The van der Waals surface area contributed by atoms with Gasteiger partial charge < -0.3 is 20.1 Å². The standard InChI is InChI=1S/C33H37N5O4S/c1-22-27(7-6-8-28(22)36-31(39)23-9-11-24(12-10-23)33(2,3)4)29-21-37(5)32(40)30(35-29)34-25-13-15-26(16-14-25)38-17-19-43(41,42)20-18-38/h6-16,21H,17-20H2,1-5H3,(H,34,35)(H,36,39). The van der Waals surface area contributed by atoms with Gasteiger partial charge in [-0.2, -0.15) is 0 Å². The lowest BCUT2D eigenvalue weighted by atomic mass is 9.86. The fourth-order valence-electron chi connectivity index (χ4n) is 5.04.